The van der Waals surface area contributed by atoms with E-state index in [0.29, 0.717) is 29.2 Å². The smallest absolute Gasteiger partial charge is 0.261 e. The first-order valence-electron chi connectivity index (χ1n) is 8.17. The van der Waals surface area contributed by atoms with Gasteiger partial charge in [0.2, 0.25) is 5.91 Å². The van der Waals surface area contributed by atoms with Gasteiger partial charge >= 0.3 is 0 Å². The van der Waals surface area contributed by atoms with Gasteiger partial charge in [0, 0.05) is 36.6 Å². The third kappa shape index (κ3) is 2.54. The van der Waals surface area contributed by atoms with Crippen molar-refractivity contribution in [2.24, 2.45) is 0 Å². The van der Waals surface area contributed by atoms with Crippen LogP contribution in [0, 0.1) is 0 Å². The summed E-state index contributed by atoms with van der Waals surface area (Å²) in [4.78, 5) is 33.3. The molecular formula is C18H17ClN4O2S. The van der Waals surface area contributed by atoms with Crippen LogP contribution in [0.2, 0.25) is 5.02 Å². The quantitative estimate of drug-likeness (QED) is 0.873. The lowest BCUT2D eigenvalue weighted by atomic mass is 10.1. The van der Waals surface area contributed by atoms with Crippen LogP contribution in [0.15, 0.2) is 41.6 Å². The Labute approximate surface area is 160 Å². The Balaban J connectivity index is 1.71. The van der Waals surface area contributed by atoms with Gasteiger partial charge in [0.05, 0.1) is 23.3 Å². The minimum atomic E-state index is -0.983. The normalized spacial score (nSPS) is 20.7. The Bertz CT molecular complexity index is 920. The van der Waals surface area contributed by atoms with E-state index in [1.807, 2.05) is 31.1 Å². The molecule has 2 aliphatic rings. The number of nitrogens with one attached hydrogen (secondary N) is 1. The second-order valence-corrected chi connectivity index (χ2v) is 8.22. The molecule has 0 unspecified atom stereocenters. The fourth-order valence-corrected chi connectivity index (χ4v) is 4.98. The number of rotatable bonds is 3. The van der Waals surface area contributed by atoms with Crippen molar-refractivity contribution in [3.05, 3.63) is 41.7 Å². The minimum absolute atomic E-state index is 0.0623. The monoisotopic (exact) mass is 388 g/mol. The molecule has 1 N–H and O–H groups in total. The summed E-state index contributed by atoms with van der Waals surface area (Å²) in [5.74, 6) is -0.288. The minimum Gasteiger partial charge on any atom is -0.376 e. The van der Waals surface area contributed by atoms with Crippen LogP contribution in [0.4, 0.5) is 17.1 Å². The van der Waals surface area contributed by atoms with E-state index in [-0.39, 0.29) is 11.8 Å². The molecule has 2 amide bonds. The van der Waals surface area contributed by atoms with Gasteiger partial charge in [-0.2, -0.15) is 0 Å². The van der Waals surface area contributed by atoms with E-state index in [2.05, 4.69) is 10.3 Å². The third-order valence-electron chi connectivity index (χ3n) is 4.61. The number of pyridine rings is 1. The van der Waals surface area contributed by atoms with Crippen LogP contribution in [-0.2, 0) is 9.59 Å². The van der Waals surface area contributed by atoms with E-state index in [9.17, 15) is 9.59 Å². The van der Waals surface area contributed by atoms with Gasteiger partial charge < -0.3 is 10.2 Å². The molecule has 1 aromatic heterocycles. The topological polar surface area (TPSA) is 65.5 Å². The summed E-state index contributed by atoms with van der Waals surface area (Å²) < 4.78 is 0. The van der Waals surface area contributed by atoms with E-state index < -0.39 is 4.87 Å². The summed E-state index contributed by atoms with van der Waals surface area (Å²) in [7, 11) is 3.80. The van der Waals surface area contributed by atoms with E-state index in [0.717, 1.165) is 10.6 Å². The van der Waals surface area contributed by atoms with Crippen LogP contribution in [-0.4, -0.2) is 35.8 Å². The van der Waals surface area contributed by atoms with E-state index >= 15 is 0 Å². The Morgan fingerprint density at radius 3 is 2.96 bits per heavy atom. The number of hydrogen-bond donors (Lipinski definition) is 1. The number of anilines is 3. The van der Waals surface area contributed by atoms with Crippen LogP contribution in [0.5, 0.6) is 0 Å². The standard InChI is InChI=1S/C18H17ClN4O2S/c1-22(2)13-6-8-20-10-12(13)21-17(25)18-7-5-16(24)23(18)14-9-11(19)3-4-15(14)26-18/h3-4,6,8-10H,5,7H2,1-2H3,(H,21,25)/t18-/m0/s1. The van der Waals surface area contributed by atoms with Crippen molar-refractivity contribution in [2.45, 2.75) is 22.6 Å². The number of aromatic nitrogens is 1. The van der Waals surface area contributed by atoms with Crippen LogP contribution in [0.1, 0.15) is 12.8 Å². The molecule has 134 valence electrons. The molecule has 0 radical (unpaired) electrons. The molecular weight excluding hydrogens is 372 g/mol. The Hall–Kier alpha value is -2.25. The van der Waals surface area contributed by atoms with Crippen molar-refractivity contribution in [3.63, 3.8) is 0 Å². The highest BCUT2D eigenvalue weighted by Crippen LogP contribution is 2.56. The van der Waals surface area contributed by atoms with Gasteiger partial charge in [-0.25, -0.2) is 0 Å². The first-order valence-corrected chi connectivity index (χ1v) is 9.36. The maximum absolute atomic E-state index is 13.3. The SMILES string of the molecule is CN(C)c1ccncc1NC(=O)[C@@]12CCC(=O)N1c1cc(Cl)ccc1S2. The molecule has 0 spiro atoms. The lowest BCUT2D eigenvalue weighted by Crippen LogP contribution is -2.49. The molecule has 1 aromatic carbocycles. The number of carbonyl (C=O) groups excluding carboxylic acids is 2. The molecule has 26 heavy (non-hydrogen) atoms. The average molecular weight is 389 g/mol. The average Bonchev–Trinajstić information content (AvgIpc) is 3.11. The number of nitrogens with zero attached hydrogens (tertiary/aromatic N) is 3. The predicted molar refractivity (Wildman–Crippen MR) is 104 cm³/mol. The highest BCUT2D eigenvalue weighted by atomic mass is 35.5. The lowest BCUT2D eigenvalue weighted by Gasteiger charge is -2.30. The Morgan fingerprint density at radius 2 is 2.19 bits per heavy atom. The van der Waals surface area contributed by atoms with Gasteiger partial charge in [-0.15, -0.1) is 0 Å². The molecule has 1 fully saturated rings. The lowest BCUT2D eigenvalue weighted by molar-refractivity contribution is -0.121. The molecule has 1 saturated heterocycles. The summed E-state index contributed by atoms with van der Waals surface area (Å²) >= 11 is 7.52. The highest BCUT2D eigenvalue weighted by Gasteiger charge is 2.57. The summed E-state index contributed by atoms with van der Waals surface area (Å²) in [6.07, 6.45) is 4.08. The molecule has 6 nitrogen and oxygen atoms in total. The van der Waals surface area contributed by atoms with Crippen molar-refractivity contribution in [3.8, 4) is 0 Å². The van der Waals surface area contributed by atoms with E-state index in [4.69, 9.17) is 11.6 Å². The van der Waals surface area contributed by atoms with Crippen molar-refractivity contribution >= 4 is 52.2 Å². The molecule has 1 atom stereocenters. The van der Waals surface area contributed by atoms with E-state index in [1.165, 1.54) is 11.8 Å². The summed E-state index contributed by atoms with van der Waals surface area (Å²) in [5, 5.41) is 3.52. The second kappa shape index (κ2) is 6.17. The molecule has 3 heterocycles. The number of fused-ring (bicyclic) bond motifs is 3. The number of hydrogen-bond acceptors (Lipinski definition) is 5. The van der Waals surface area contributed by atoms with Crippen LogP contribution in [0.25, 0.3) is 0 Å². The molecule has 0 saturated carbocycles. The Morgan fingerprint density at radius 1 is 1.38 bits per heavy atom. The number of halogens is 1. The summed E-state index contributed by atoms with van der Waals surface area (Å²) in [6.45, 7) is 0. The van der Waals surface area contributed by atoms with Crippen molar-refractivity contribution < 1.29 is 9.59 Å². The molecule has 4 rings (SSSR count). The van der Waals surface area contributed by atoms with Gasteiger partial charge in [-0.1, -0.05) is 23.4 Å². The van der Waals surface area contributed by atoms with Gasteiger partial charge in [0.1, 0.15) is 0 Å². The predicted octanol–water partition coefficient (Wildman–Crippen LogP) is 3.37. The first kappa shape index (κ1) is 17.2. The molecule has 0 aliphatic carbocycles. The highest BCUT2D eigenvalue weighted by molar-refractivity contribution is 8.02. The largest absolute Gasteiger partial charge is 0.376 e. The first-order chi connectivity index (χ1) is 12.4. The number of amides is 2. The second-order valence-electron chi connectivity index (χ2n) is 6.47. The maximum atomic E-state index is 13.3. The van der Waals surface area contributed by atoms with Crippen LogP contribution >= 0.6 is 23.4 Å². The Kier molecular flexibility index (Phi) is 4.08. The molecule has 8 heteroatoms. The van der Waals surface area contributed by atoms with Gasteiger partial charge in [-0.3, -0.25) is 19.5 Å². The van der Waals surface area contributed by atoms with Crippen molar-refractivity contribution in [1.82, 2.24) is 4.98 Å². The number of thioether (sulfide) groups is 1. The zero-order chi connectivity index (χ0) is 18.5. The maximum Gasteiger partial charge on any atom is 0.261 e. The fraction of sp³-hybridized carbons (Fsp3) is 0.278. The summed E-state index contributed by atoms with van der Waals surface area (Å²) in [5.41, 5.74) is 2.18. The summed E-state index contributed by atoms with van der Waals surface area (Å²) in [6, 6.07) is 7.22. The number of carbonyl (C=O) groups is 2. The molecule has 2 aliphatic heterocycles. The van der Waals surface area contributed by atoms with E-state index in [1.54, 1.807) is 29.4 Å². The fourth-order valence-electron chi connectivity index (χ4n) is 3.42. The zero-order valence-electron chi connectivity index (χ0n) is 14.3. The third-order valence-corrected chi connectivity index (χ3v) is 6.32. The van der Waals surface area contributed by atoms with Crippen molar-refractivity contribution in [2.75, 3.05) is 29.2 Å². The molecule has 0 bridgehead atoms. The van der Waals surface area contributed by atoms with Gasteiger partial charge in [-0.05, 0) is 30.7 Å². The molecule has 2 aromatic rings. The zero-order valence-corrected chi connectivity index (χ0v) is 15.9. The van der Waals surface area contributed by atoms with Crippen molar-refractivity contribution in [1.29, 1.82) is 0 Å². The van der Waals surface area contributed by atoms with Gasteiger partial charge in [0.15, 0.2) is 4.87 Å². The van der Waals surface area contributed by atoms with Gasteiger partial charge in [0.25, 0.3) is 5.91 Å². The van der Waals surface area contributed by atoms with Crippen LogP contribution < -0.4 is 15.1 Å². The van der Waals surface area contributed by atoms with Crippen LogP contribution in [0.3, 0.4) is 0 Å². The number of benzene rings is 1.